The van der Waals surface area contributed by atoms with Crippen LogP contribution in [0.15, 0.2) is 0 Å². The van der Waals surface area contributed by atoms with Gasteiger partial charge in [0.25, 0.3) is 0 Å². The van der Waals surface area contributed by atoms with Crippen LogP contribution in [0.1, 0.15) is 67.7 Å². The van der Waals surface area contributed by atoms with Crippen molar-refractivity contribution >= 4 is 0 Å². The van der Waals surface area contributed by atoms with E-state index in [1.54, 1.807) is 0 Å². The van der Waals surface area contributed by atoms with E-state index in [-0.39, 0.29) is 0 Å². The van der Waals surface area contributed by atoms with Gasteiger partial charge in [-0.2, -0.15) is 0 Å². The van der Waals surface area contributed by atoms with Gasteiger partial charge in [-0.05, 0) is 6.54 Å². The Bertz CT molecular complexity index is 49.1. The lowest BCUT2D eigenvalue weighted by molar-refractivity contribution is 0.613. The Kier molecular flexibility index (Phi) is 32.6. The van der Waals surface area contributed by atoms with E-state index in [2.05, 4.69) is 39.9 Å². The second-order valence-electron chi connectivity index (χ2n) is 3.07. The maximum absolute atomic E-state index is 3.21. The standard InChI is InChI=1S/C5H13N.C5H12.C2H6/c1-4-6-5(2)3;1-3-5-4-2;1-2/h5-6H,4H2,1-3H3;3-5H2,1-2H3;1-2H3. The maximum Gasteiger partial charge on any atom is 0.00102 e. The van der Waals surface area contributed by atoms with Gasteiger partial charge in [0.15, 0.2) is 0 Å². The molecule has 1 heteroatoms. The monoisotopic (exact) mass is 189 g/mol. The Morgan fingerprint density at radius 2 is 1.31 bits per heavy atom. The van der Waals surface area contributed by atoms with Gasteiger partial charge in [0.05, 0.1) is 0 Å². The van der Waals surface area contributed by atoms with Gasteiger partial charge in [0.2, 0.25) is 0 Å². The molecule has 0 aromatic rings. The van der Waals surface area contributed by atoms with E-state index in [9.17, 15) is 0 Å². The van der Waals surface area contributed by atoms with Gasteiger partial charge in [0.1, 0.15) is 0 Å². The largest absolute Gasteiger partial charge is 0.315 e. The number of hydrogen-bond donors (Lipinski definition) is 1. The summed E-state index contributed by atoms with van der Waals surface area (Å²) in [6, 6.07) is 0.648. The Morgan fingerprint density at radius 1 is 0.923 bits per heavy atom. The van der Waals surface area contributed by atoms with Gasteiger partial charge in [0, 0.05) is 6.04 Å². The summed E-state index contributed by atoms with van der Waals surface area (Å²) in [5.74, 6) is 0. The Hall–Kier alpha value is -0.0400. The molecule has 0 aromatic heterocycles. The van der Waals surface area contributed by atoms with Crippen LogP contribution in [-0.4, -0.2) is 12.6 Å². The van der Waals surface area contributed by atoms with Crippen LogP contribution in [0.3, 0.4) is 0 Å². The molecule has 0 bridgehead atoms. The minimum atomic E-state index is 0.648. The van der Waals surface area contributed by atoms with E-state index in [1.165, 1.54) is 19.3 Å². The third-order valence-corrected chi connectivity index (χ3v) is 1.32. The first-order chi connectivity index (χ1) is 6.18. The summed E-state index contributed by atoms with van der Waals surface area (Å²) in [4.78, 5) is 0. The summed E-state index contributed by atoms with van der Waals surface area (Å²) in [7, 11) is 0. The molecule has 0 aromatic carbocycles. The third-order valence-electron chi connectivity index (χ3n) is 1.32. The molecule has 0 heterocycles. The topological polar surface area (TPSA) is 12.0 Å². The molecule has 0 amide bonds. The van der Waals surface area contributed by atoms with Crippen molar-refractivity contribution in [3.05, 3.63) is 0 Å². The fourth-order valence-corrected chi connectivity index (χ4v) is 0.762. The molecule has 0 fully saturated rings. The fourth-order valence-electron chi connectivity index (χ4n) is 0.762. The molecule has 13 heavy (non-hydrogen) atoms. The fraction of sp³-hybridized carbons (Fsp3) is 1.00. The molecule has 1 N–H and O–H groups in total. The SMILES string of the molecule is CC.CCCCC.CCNC(C)C. The van der Waals surface area contributed by atoms with E-state index >= 15 is 0 Å². The number of nitrogens with one attached hydrogen (secondary N) is 1. The Morgan fingerprint density at radius 3 is 1.31 bits per heavy atom. The van der Waals surface area contributed by atoms with Crippen molar-refractivity contribution in [1.29, 1.82) is 0 Å². The van der Waals surface area contributed by atoms with Crippen molar-refractivity contribution in [1.82, 2.24) is 5.32 Å². The van der Waals surface area contributed by atoms with Crippen LogP contribution in [0.5, 0.6) is 0 Å². The minimum absolute atomic E-state index is 0.648. The highest BCUT2D eigenvalue weighted by Gasteiger charge is 1.82. The molecule has 84 valence electrons. The third kappa shape index (κ3) is 48.2. The molecular formula is C12H31N. The van der Waals surface area contributed by atoms with Gasteiger partial charge in [-0.15, -0.1) is 0 Å². The first-order valence-corrected chi connectivity index (χ1v) is 5.92. The lowest BCUT2D eigenvalue weighted by Crippen LogP contribution is -2.21. The molecule has 0 saturated heterocycles. The van der Waals surface area contributed by atoms with Crippen molar-refractivity contribution in [3.63, 3.8) is 0 Å². The maximum atomic E-state index is 3.21. The molecular weight excluding hydrogens is 158 g/mol. The predicted octanol–water partition coefficient (Wildman–Crippen LogP) is 4.23. The second-order valence-corrected chi connectivity index (χ2v) is 3.07. The van der Waals surface area contributed by atoms with E-state index in [0.717, 1.165) is 6.54 Å². The highest BCUT2D eigenvalue weighted by atomic mass is 14.9. The summed E-state index contributed by atoms with van der Waals surface area (Å²) < 4.78 is 0. The summed E-state index contributed by atoms with van der Waals surface area (Å²) in [6.45, 7) is 15.9. The van der Waals surface area contributed by atoms with Gasteiger partial charge < -0.3 is 5.32 Å². The zero-order chi connectivity index (χ0) is 11.1. The van der Waals surface area contributed by atoms with Gasteiger partial charge in [-0.3, -0.25) is 0 Å². The number of unbranched alkanes of at least 4 members (excludes halogenated alkanes) is 2. The normalized spacial score (nSPS) is 8.31. The number of hydrogen-bond acceptors (Lipinski definition) is 1. The van der Waals surface area contributed by atoms with Gasteiger partial charge in [-0.1, -0.05) is 67.7 Å². The first-order valence-electron chi connectivity index (χ1n) is 5.92. The highest BCUT2D eigenvalue weighted by molar-refractivity contribution is 4.46. The van der Waals surface area contributed by atoms with E-state index in [0.29, 0.717) is 6.04 Å². The molecule has 0 aliphatic carbocycles. The molecule has 0 saturated carbocycles. The van der Waals surface area contributed by atoms with Gasteiger partial charge in [-0.25, -0.2) is 0 Å². The van der Waals surface area contributed by atoms with Crippen LogP contribution in [0.2, 0.25) is 0 Å². The van der Waals surface area contributed by atoms with Crippen molar-refractivity contribution < 1.29 is 0 Å². The molecule has 0 rings (SSSR count). The predicted molar refractivity (Wildman–Crippen MR) is 65.4 cm³/mol. The van der Waals surface area contributed by atoms with E-state index < -0.39 is 0 Å². The zero-order valence-electron chi connectivity index (χ0n) is 10.9. The van der Waals surface area contributed by atoms with Gasteiger partial charge >= 0.3 is 0 Å². The van der Waals surface area contributed by atoms with Crippen molar-refractivity contribution in [2.75, 3.05) is 6.54 Å². The molecule has 0 aliphatic heterocycles. The molecule has 0 aliphatic rings. The van der Waals surface area contributed by atoms with Crippen LogP contribution in [-0.2, 0) is 0 Å². The van der Waals surface area contributed by atoms with Crippen molar-refractivity contribution in [3.8, 4) is 0 Å². The Labute approximate surface area is 86.3 Å². The molecule has 0 unspecified atom stereocenters. The van der Waals surface area contributed by atoms with E-state index in [1.807, 2.05) is 13.8 Å². The number of rotatable bonds is 4. The zero-order valence-corrected chi connectivity index (χ0v) is 10.9. The lowest BCUT2D eigenvalue weighted by Gasteiger charge is -2.00. The lowest BCUT2D eigenvalue weighted by atomic mass is 10.3. The smallest absolute Gasteiger partial charge is 0.00102 e. The molecule has 0 atom stereocenters. The van der Waals surface area contributed by atoms with Crippen LogP contribution in [0.4, 0.5) is 0 Å². The molecule has 1 nitrogen and oxygen atoms in total. The highest BCUT2D eigenvalue weighted by Crippen LogP contribution is 1.88. The van der Waals surface area contributed by atoms with Crippen molar-refractivity contribution in [2.24, 2.45) is 0 Å². The quantitative estimate of drug-likeness (QED) is 0.698. The van der Waals surface area contributed by atoms with Crippen LogP contribution < -0.4 is 5.32 Å². The van der Waals surface area contributed by atoms with Crippen LogP contribution in [0, 0.1) is 0 Å². The average Bonchev–Trinajstić information content (AvgIpc) is 2.10. The van der Waals surface area contributed by atoms with Crippen LogP contribution in [0.25, 0.3) is 0 Å². The summed E-state index contributed by atoms with van der Waals surface area (Å²) in [5, 5.41) is 3.21. The first kappa shape index (κ1) is 18.7. The molecule has 0 spiro atoms. The second kappa shape index (κ2) is 22.7. The average molecular weight is 189 g/mol. The van der Waals surface area contributed by atoms with Crippen molar-refractivity contribution in [2.45, 2.75) is 73.8 Å². The molecule has 0 radical (unpaired) electrons. The minimum Gasteiger partial charge on any atom is -0.315 e. The van der Waals surface area contributed by atoms with Crippen LogP contribution >= 0.6 is 0 Å². The Balaban J connectivity index is -0.000000131. The summed E-state index contributed by atoms with van der Waals surface area (Å²) in [6.07, 6.45) is 4.08. The summed E-state index contributed by atoms with van der Waals surface area (Å²) >= 11 is 0. The summed E-state index contributed by atoms with van der Waals surface area (Å²) in [5.41, 5.74) is 0. The van der Waals surface area contributed by atoms with E-state index in [4.69, 9.17) is 0 Å².